The molecule has 2 aromatic rings. The topological polar surface area (TPSA) is 122 Å². The standard InChI is InChI=1S/C21H26N4O6S/c1-3-20(21(26)22-16-7-9-18(31-2)10-8-16)23-11-13-24(14-12-23)32(29,30)19-6-4-5-17(15-19)25(27)28/h4-10,15,20H,3,11-14H2,1-2H3,(H,22,26). The minimum atomic E-state index is -3.86. The van der Waals surface area contributed by atoms with Crippen LogP contribution in [0.1, 0.15) is 13.3 Å². The fourth-order valence-electron chi connectivity index (χ4n) is 3.67. The van der Waals surface area contributed by atoms with E-state index in [1.165, 1.54) is 22.5 Å². The van der Waals surface area contributed by atoms with Crippen LogP contribution in [-0.2, 0) is 14.8 Å². The Morgan fingerprint density at radius 3 is 2.38 bits per heavy atom. The van der Waals surface area contributed by atoms with Crippen LogP contribution in [0.3, 0.4) is 0 Å². The molecule has 3 rings (SSSR count). The number of methoxy groups -OCH3 is 1. The summed E-state index contributed by atoms with van der Waals surface area (Å²) >= 11 is 0. The van der Waals surface area contributed by atoms with E-state index in [1.54, 1.807) is 31.4 Å². The largest absolute Gasteiger partial charge is 0.497 e. The van der Waals surface area contributed by atoms with Crippen molar-refractivity contribution in [3.8, 4) is 5.75 Å². The van der Waals surface area contributed by atoms with Gasteiger partial charge < -0.3 is 10.1 Å². The molecule has 1 saturated heterocycles. The van der Waals surface area contributed by atoms with Crippen LogP contribution in [-0.4, -0.2) is 67.8 Å². The van der Waals surface area contributed by atoms with Crippen molar-refractivity contribution in [3.63, 3.8) is 0 Å². The van der Waals surface area contributed by atoms with Crippen LogP contribution in [0.15, 0.2) is 53.4 Å². The maximum atomic E-state index is 12.9. The number of carbonyl (C=O) groups excluding carboxylic acids is 1. The van der Waals surface area contributed by atoms with Crippen molar-refractivity contribution in [2.45, 2.75) is 24.3 Å². The van der Waals surface area contributed by atoms with E-state index >= 15 is 0 Å². The van der Waals surface area contributed by atoms with Crippen molar-refractivity contribution in [1.82, 2.24) is 9.21 Å². The summed E-state index contributed by atoms with van der Waals surface area (Å²) in [4.78, 5) is 25.0. The van der Waals surface area contributed by atoms with Crippen molar-refractivity contribution >= 4 is 27.3 Å². The second-order valence-corrected chi connectivity index (χ2v) is 9.27. The van der Waals surface area contributed by atoms with Crippen molar-refractivity contribution in [3.05, 3.63) is 58.6 Å². The number of ether oxygens (including phenoxy) is 1. The summed E-state index contributed by atoms with van der Waals surface area (Å²) < 4.78 is 32.3. The van der Waals surface area contributed by atoms with Gasteiger partial charge in [0.1, 0.15) is 5.75 Å². The van der Waals surface area contributed by atoms with Crippen molar-refractivity contribution in [2.24, 2.45) is 0 Å². The summed E-state index contributed by atoms with van der Waals surface area (Å²) in [6.07, 6.45) is 0.569. The minimum Gasteiger partial charge on any atom is -0.497 e. The van der Waals surface area contributed by atoms with Gasteiger partial charge in [0.05, 0.1) is 23.0 Å². The molecule has 1 fully saturated rings. The average molecular weight is 463 g/mol. The number of nitrogens with one attached hydrogen (secondary N) is 1. The molecule has 0 bridgehead atoms. The Labute approximate surface area is 187 Å². The molecule has 0 aromatic heterocycles. The molecule has 0 saturated carbocycles. The van der Waals surface area contributed by atoms with Gasteiger partial charge in [-0.25, -0.2) is 8.42 Å². The van der Waals surface area contributed by atoms with Gasteiger partial charge >= 0.3 is 0 Å². The first-order chi connectivity index (χ1) is 15.3. The van der Waals surface area contributed by atoms with Gasteiger partial charge in [0.25, 0.3) is 5.69 Å². The second kappa shape index (κ2) is 10.1. The molecule has 1 N–H and O–H groups in total. The smallest absolute Gasteiger partial charge is 0.270 e. The number of amides is 1. The summed E-state index contributed by atoms with van der Waals surface area (Å²) in [5.41, 5.74) is 0.382. The van der Waals surface area contributed by atoms with Gasteiger partial charge in [0.2, 0.25) is 15.9 Å². The zero-order chi connectivity index (χ0) is 23.3. The lowest BCUT2D eigenvalue weighted by Gasteiger charge is -2.37. The van der Waals surface area contributed by atoms with E-state index in [0.717, 1.165) is 6.07 Å². The first kappa shape index (κ1) is 23.6. The Morgan fingerprint density at radius 1 is 1.16 bits per heavy atom. The molecule has 1 amide bonds. The molecular formula is C21H26N4O6S. The molecule has 1 unspecified atom stereocenters. The molecule has 172 valence electrons. The highest BCUT2D eigenvalue weighted by Crippen LogP contribution is 2.23. The van der Waals surface area contributed by atoms with Gasteiger partial charge in [-0.3, -0.25) is 19.8 Å². The van der Waals surface area contributed by atoms with Crippen LogP contribution in [0.5, 0.6) is 5.75 Å². The van der Waals surface area contributed by atoms with Gasteiger partial charge in [-0.15, -0.1) is 0 Å². The van der Waals surface area contributed by atoms with Crippen LogP contribution < -0.4 is 10.1 Å². The fraction of sp³-hybridized carbons (Fsp3) is 0.381. The number of hydrogen-bond donors (Lipinski definition) is 1. The number of non-ortho nitro benzene ring substituents is 1. The predicted octanol–water partition coefficient (Wildman–Crippen LogP) is 2.33. The van der Waals surface area contributed by atoms with Crippen LogP contribution in [0.25, 0.3) is 0 Å². The number of sulfonamides is 1. The van der Waals surface area contributed by atoms with Gasteiger partial charge in [-0.2, -0.15) is 4.31 Å². The van der Waals surface area contributed by atoms with E-state index in [2.05, 4.69) is 5.32 Å². The Kier molecular flexibility index (Phi) is 7.44. The zero-order valence-corrected chi connectivity index (χ0v) is 18.7. The molecule has 11 heteroatoms. The number of anilines is 1. The Bertz CT molecular complexity index is 1070. The van der Waals surface area contributed by atoms with E-state index in [-0.39, 0.29) is 29.6 Å². The first-order valence-corrected chi connectivity index (χ1v) is 11.6. The van der Waals surface area contributed by atoms with E-state index in [9.17, 15) is 23.3 Å². The van der Waals surface area contributed by atoms with Crippen LogP contribution in [0, 0.1) is 10.1 Å². The normalized spacial score (nSPS) is 16.3. The van der Waals surface area contributed by atoms with E-state index in [4.69, 9.17) is 4.74 Å². The lowest BCUT2D eigenvalue weighted by molar-refractivity contribution is -0.385. The Morgan fingerprint density at radius 2 is 1.81 bits per heavy atom. The molecule has 0 spiro atoms. The summed E-state index contributed by atoms with van der Waals surface area (Å²) in [5, 5.41) is 13.9. The number of rotatable bonds is 8. The molecule has 0 radical (unpaired) electrons. The Balaban J connectivity index is 1.64. The third kappa shape index (κ3) is 5.23. The summed E-state index contributed by atoms with van der Waals surface area (Å²) in [6.45, 7) is 3.05. The minimum absolute atomic E-state index is 0.107. The molecule has 1 aliphatic rings. The first-order valence-electron chi connectivity index (χ1n) is 10.2. The third-order valence-electron chi connectivity index (χ3n) is 5.43. The highest BCUT2D eigenvalue weighted by atomic mass is 32.2. The highest BCUT2D eigenvalue weighted by molar-refractivity contribution is 7.89. The number of nitro benzene ring substituents is 1. The number of nitrogens with zero attached hydrogens (tertiary/aromatic N) is 3. The van der Waals surface area contributed by atoms with Crippen molar-refractivity contribution in [1.29, 1.82) is 0 Å². The monoisotopic (exact) mass is 462 g/mol. The molecular weight excluding hydrogens is 436 g/mol. The average Bonchev–Trinajstić information content (AvgIpc) is 2.80. The van der Waals surface area contributed by atoms with Gasteiger partial charge in [-0.1, -0.05) is 13.0 Å². The van der Waals surface area contributed by atoms with Gasteiger partial charge in [-0.05, 0) is 36.8 Å². The van der Waals surface area contributed by atoms with Crippen LogP contribution in [0.2, 0.25) is 0 Å². The zero-order valence-electron chi connectivity index (χ0n) is 17.9. The summed E-state index contributed by atoms with van der Waals surface area (Å²) in [5.74, 6) is 0.531. The lowest BCUT2D eigenvalue weighted by atomic mass is 10.1. The molecule has 10 nitrogen and oxygen atoms in total. The van der Waals surface area contributed by atoms with Crippen LogP contribution in [0.4, 0.5) is 11.4 Å². The number of piperazine rings is 1. The molecule has 0 aliphatic carbocycles. The number of benzene rings is 2. The lowest BCUT2D eigenvalue weighted by Crippen LogP contribution is -2.54. The second-order valence-electron chi connectivity index (χ2n) is 7.34. The predicted molar refractivity (Wildman–Crippen MR) is 119 cm³/mol. The maximum Gasteiger partial charge on any atom is 0.270 e. The number of carbonyl (C=O) groups is 1. The third-order valence-corrected chi connectivity index (χ3v) is 7.32. The number of nitro groups is 1. The maximum absolute atomic E-state index is 12.9. The van der Waals surface area contributed by atoms with E-state index in [0.29, 0.717) is 30.9 Å². The number of hydrogen-bond acceptors (Lipinski definition) is 7. The van der Waals surface area contributed by atoms with Crippen molar-refractivity contribution < 1.29 is 22.9 Å². The summed E-state index contributed by atoms with van der Waals surface area (Å²) in [6, 6.07) is 11.7. The SMILES string of the molecule is CCC(C(=O)Nc1ccc(OC)cc1)N1CCN(S(=O)(=O)c2cccc([N+](=O)[O-])c2)CC1. The molecule has 2 aromatic carbocycles. The van der Waals surface area contributed by atoms with Crippen LogP contribution >= 0.6 is 0 Å². The fourth-order valence-corrected chi connectivity index (χ4v) is 5.13. The molecule has 1 aliphatic heterocycles. The molecule has 1 atom stereocenters. The molecule has 32 heavy (non-hydrogen) atoms. The molecule has 1 heterocycles. The Hall–Kier alpha value is -3.02. The van der Waals surface area contributed by atoms with Gasteiger partial charge in [0.15, 0.2) is 0 Å². The summed E-state index contributed by atoms with van der Waals surface area (Å²) in [7, 11) is -2.29. The highest BCUT2D eigenvalue weighted by Gasteiger charge is 2.33. The van der Waals surface area contributed by atoms with Gasteiger partial charge in [0, 0.05) is 44.0 Å². The quantitative estimate of drug-likeness (QED) is 0.472. The van der Waals surface area contributed by atoms with Crippen molar-refractivity contribution in [2.75, 3.05) is 38.6 Å². The van der Waals surface area contributed by atoms with E-state index in [1.807, 2.05) is 11.8 Å². The van der Waals surface area contributed by atoms with E-state index < -0.39 is 21.0 Å².